The molecule has 0 bridgehead atoms. The molecule has 1 aliphatic carbocycles. The number of nitrogens with one attached hydrogen (secondary N) is 1. The molecule has 110 valence electrons. The lowest BCUT2D eigenvalue weighted by Gasteiger charge is -2.12. The second-order valence-corrected chi connectivity index (χ2v) is 6.88. The van der Waals surface area contributed by atoms with Crippen molar-refractivity contribution in [3.63, 3.8) is 0 Å². The highest BCUT2D eigenvalue weighted by molar-refractivity contribution is 7.21. The number of thiophene rings is 1. The molecule has 0 saturated heterocycles. The summed E-state index contributed by atoms with van der Waals surface area (Å²) in [6, 6.07) is 4.35. The van der Waals surface area contributed by atoms with Gasteiger partial charge in [-0.3, -0.25) is 4.79 Å². The summed E-state index contributed by atoms with van der Waals surface area (Å²) in [5.74, 6) is -1.43. The lowest BCUT2D eigenvalue weighted by Crippen LogP contribution is -2.42. The molecule has 1 heterocycles. The van der Waals surface area contributed by atoms with E-state index in [1.807, 2.05) is 0 Å². The fourth-order valence-corrected chi connectivity index (χ4v) is 3.90. The van der Waals surface area contributed by atoms with E-state index in [9.17, 15) is 9.59 Å². The minimum Gasteiger partial charge on any atom is -0.480 e. The van der Waals surface area contributed by atoms with Crippen LogP contribution in [0.4, 0.5) is 0 Å². The van der Waals surface area contributed by atoms with E-state index in [1.165, 1.54) is 11.3 Å². The number of amides is 1. The molecular weight excluding hydrogens is 333 g/mol. The largest absolute Gasteiger partial charge is 0.480 e. The van der Waals surface area contributed by atoms with E-state index < -0.39 is 17.9 Å². The summed E-state index contributed by atoms with van der Waals surface area (Å²) in [6.07, 6.45) is 1.65. The average molecular weight is 344 g/mol. The van der Waals surface area contributed by atoms with E-state index in [2.05, 4.69) is 5.32 Å². The molecule has 1 atom stereocenters. The van der Waals surface area contributed by atoms with Crippen LogP contribution < -0.4 is 5.32 Å². The number of hydrogen-bond acceptors (Lipinski definition) is 3. The quantitative estimate of drug-likeness (QED) is 0.887. The maximum absolute atomic E-state index is 12.3. The van der Waals surface area contributed by atoms with Crippen LogP contribution >= 0.6 is 34.5 Å². The number of carboxylic acid groups (broad SMARTS) is 1. The molecule has 1 aromatic heterocycles. The first-order valence-electron chi connectivity index (χ1n) is 6.38. The second kappa shape index (κ2) is 5.48. The summed E-state index contributed by atoms with van der Waals surface area (Å²) in [6.45, 7) is 0. The highest BCUT2D eigenvalue weighted by Gasteiger charge is 2.37. The van der Waals surface area contributed by atoms with E-state index in [-0.39, 0.29) is 5.92 Å². The number of benzene rings is 1. The van der Waals surface area contributed by atoms with Crippen molar-refractivity contribution in [3.8, 4) is 0 Å². The first kappa shape index (κ1) is 14.6. The maximum Gasteiger partial charge on any atom is 0.326 e. The first-order chi connectivity index (χ1) is 9.97. The normalized spacial score (nSPS) is 15.9. The minimum atomic E-state index is -1.01. The standard InChI is InChI=1S/C14H11Cl2NO3S/c15-7-3-4-8-9(5-7)21-12(10(8)16)13(18)17-11(14(19)20)6-1-2-6/h3-6,11H,1-2H2,(H,17,18)(H,19,20). The van der Waals surface area contributed by atoms with Crippen LogP contribution in [-0.4, -0.2) is 23.0 Å². The Labute approximate surface area is 134 Å². The summed E-state index contributed by atoms with van der Waals surface area (Å²) in [5.41, 5.74) is 0. The summed E-state index contributed by atoms with van der Waals surface area (Å²) < 4.78 is 0.802. The van der Waals surface area contributed by atoms with Gasteiger partial charge in [0.15, 0.2) is 0 Å². The Morgan fingerprint density at radius 3 is 2.67 bits per heavy atom. The van der Waals surface area contributed by atoms with Gasteiger partial charge in [-0.15, -0.1) is 11.3 Å². The first-order valence-corrected chi connectivity index (χ1v) is 7.96. The third kappa shape index (κ3) is 2.86. The molecule has 1 fully saturated rings. The summed E-state index contributed by atoms with van der Waals surface area (Å²) in [5, 5.41) is 13.4. The van der Waals surface area contributed by atoms with E-state index in [0.717, 1.165) is 22.9 Å². The van der Waals surface area contributed by atoms with Crippen molar-refractivity contribution < 1.29 is 14.7 Å². The van der Waals surface area contributed by atoms with Crippen molar-refractivity contribution in [2.75, 3.05) is 0 Å². The zero-order chi connectivity index (χ0) is 15.1. The van der Waals surface area contributed by atoms with Crippen LogP contribution in [0, 0.1) is 5.92 Å². The monoisotopic (exact) mass is 343 g/mol. The zero-order valence-electron chi connectivity index (χ0n) is 10.7. The number of carboxylic acids is 1. The molecule has 0 radical (unpaired) electrons. The summed E-state index contributed by atoms with van der Waals surface area (Å²) >= 11 is 13.4. The van der Waals surface area contributed by atoms with Crippen molar-refractivity contribution in [3.05, 3.63) is 33.1 Å². The molecule has 21 heavy (non-hydrogen) atoms. The van der Waals surface area contributed by atoms with Gasteiger partial charge in [-0.25, -0.2) is 4.79 Å². The van der Waals surface area contributed by atoms with Gasteiger partial charge in [-0.05, 0) is 30.9 Å². The molecule has 0 aliphatic heterocycles. The van der Waals surface area contributed by atoms with Crippen LogP contribution in [-0.2, 0) is 4.79 Å². The molecular formula is C14H11Cl2NO3S. The lowest BCUT2D eigenvalue weighted by molar-refractivity contribution is -0.139. The number of carbonyl (C=O) groups is 2. The molecule has 7 heteroatoms. The van der Waals surface area contributed by atoms with Gasteiger partial charge in [0.2, 0.25) is 0 Å². The van der Waals surface area contributed by atoms with E-state index in [4.69, 9.17) is 28.3 Å². The Morgan fingerprint density at radius 1 is 1.33 bits per heavy atom. The SMILES string of the molecule is O=C(NC(C(=O)O)C1CC1)c1sc2cc(Cl)ccc2c1Cl. The minimum absolute atomic E-state index is 0.0223. The highest BCUT2D eigenvalue weighted by atomic mass is 35.5. The number of carbonyl (C=O) groups excluding carboxylic acids is 1. The van der Waals surface area contributed by atoms with Crippen LogP contribution in [0.2, 0.25) is 10.0 Å². The average Bonchev–Trinajstić information content (AvgIpc) is 3.20. The fourth-order valence-electron chi connectivity index (χ4n) is 2.20. The molecule has 1 aromatic carbocycles. The number of aliphatic carboxylic acids is 1. The van der Waals surface area contributed by atoms with E-state index >= 15 is 0 Å². The molecule has 1 unspecified atom stereocenters. The van der Waals surface area contributed by atoms with Crippen LogP contribution in [0.15, 0.2) is 18.2 Å². The molecule has 1 amide bonds. The predicted molar refractivity (Wildman–Crippen MR) is 83.5 cm³/mol. The molecule has 3 rings (SSSR count). The van der Waals surface area contributed by atoms with Gasteiger partial charge in [0.05, 0.1) is 5.02 Å². The van der Waals surface area contributed by atoms with Crippen molar-refractivity contribution in [1.29, 1.82) is 0 Å². The van der Waals surface area contributed by atoms with Crippen molar-refractivity contribution in [2.45, 2.75) is 18.9 Å². The van der Waals surface area contributed by atoms with Gasteiger partial charge >= 0.3 is 5.97 Å². The third-order valence-corrected chi connectivity index (χ3v) is 5.33. The molecule has 1 saturated carbocycles. The third-order valence-electron chi connectivity index (χ3n) is 3.44. The molecule has 2 N–H and O–H groups in total. The van der Waals surface area contributed by atoms with Crippen LogP contribution in [0.1, 0.15) is 22.5 Å². The van der Waals surface area contributed by atoms with Gasteiger partial charge in [-0.2, -0.15) is 0 Å². The molecule has 1 aliphatic rings. The smallest absolute Gasteiger partial charge is 0.326 e. The van der Waals surface area contributed by atoms with Crippen LogP contribution in [0.3, 0.4) is 0 Å². The Balaban J connectivity index is 1.90. The Bertz CT molecular complexity index is 739. The van der Waals surface area contributed by atoms with Gasteiger partial charge in [-0.1, -0.05) is 29.3 Å². The lowest BCUT2D eigenvalue weighted by atomic mass is 10.2. The molecule has 4 nitrogen and oxygen atoms in total. The van der Waals surface area contributed by atoms with Crippen LogP contribution in [0.5, 0.6) is 0 Å². The second-order valence-electron chi connectivity index (χ2n) is 5.01. The number of hydrogen-bond donors (Lipinski definition) is 2. The van der Waals surface area contributed by atoms with Crippen molar-refractivity contribution in [2.24, 2.45) is 5.92 Å². The Kier molecular flexibility index (Phi) is 3.82. The van der Waals surface area contributed by atoms with Crippen LogP contribution in [0.25, 0.3) is 10.1 Å². The zero-order valence-corrected chi connectivity index (χ0v) is 13.1. The van der Waals surface area contributed by atoms with E-state index in [0.29, 0.717) is 14.9 Å². The molecule has 2 aromatic rings. The fraction of sp³-hybridized carbons (Fsp3) is 0.286. The maximum atomic E-state index is 12.3. The van der Waals surface area contributed by atoms with Crippen molar-refractivity contribution in [1.82, 2.24) is 5.32 Å². The van der Waals surface area contributed by atoms with Gasteiger partial charge in [0.1, 0.15) is 10.9 Å². The summed E-state index contributed by atoms with van der Waals surface area (Å²) in [7, 11) is 0. The molecule has 0 spiro atoms. The van der Waals surface area contributed by atoms with Gasteiger partial charge in [0.25, 0.3) is 5.91 Å². The number of rotatable bonds is 4. The van der Waals surface area contributed by atoms with Gasteiger partial charge < -0.3 is 10.4 Å². The van der Waals surface area contributed by atoms with Crippen molar-refractivity contribution >= 4 is 56.5 Å². The Morgan fingerprint density at radius 2 is 2.05 bits per heavy atom. The predicted octanol–water partition coefficient (Wildman–Crippen LogP) is 3.80. The number of halogens is 2. The highest BCUT2D eigenvalue weighted by Crippen LogP contribution is 2.37. The number of fused-ring (bicyclic) bond motifs is 1. The Hall–Kier alpha value is -1.30. The topological polar surface area (TPSA) is 66.4 Å². The van der Waals surface area contributed by atoms with E-state index in [1.54, 1.807) is 18.2 Å². The summed E-state index contributed by atoms with van der Waals surface area (Å²) in [4.78, 5) is 23.8. The van der Waals surface area contributed by atoms with Gasteiger partial charge in [0, 0.05) is 15.1 Å².